The molecule has 104 valence electrons. The Morgan fingerprint density at radius 2 is 2.11 bits per heavy atom. The van der Waals surface area contributed by atoms with Gasteiger partial charge in [-0.1, -0.05) is 16.1 Å². The average molecular weight is 306 g/mol. The van der Waals surface area contributed by atoms with Gasteiger partial charge in [-0.3, -0.25) is 4.84 Å². The highest BCUT2D eigenvalue weighted by molar-refractivity contribution is 7.89. The third kappa shape index (κ3) is 2.89. The fourth-order valence-electron chi connectivity index (χ4n) is 1.71. The highest BCUT2D eigenvalue weighted by Gasteiger charge is 2.28. The number of nitrogens with zero attached hydrogens (tertiary/aromatic N) is 1. The van der Waals surface area contributed by atoms with Crippen molar-refractivity contribution in [1.29, 1.82) is 0 Å². The van der Waals surface area contributed by atoms with Crippen LogP contribution < -0.4 is 0 Å². The molecule has 0 unspecified atom stereocenters. The van der Waals surface area contributed by atoms with Crippen molar-refractivity contribution in [3.05, 3.63) is 28.8 Å². The molecule has 1 aromatic carbocycles. The van der Waals surface area contributed by atoms with Crippen LogP contribution in [0.1, 0.15) is 23.2 Å². The Hall–Kier alpha value is -1.15. The zero-order valence-electron chi connectivity index (χ0n) is 9.87. The molecule has 8 heteroatoms. The summed E-state index contributed by atoms with van der Waals surface area (Å²) in [5, 5.41) is 8.93. The van der Waals surface area contributed by atoms with Crippen LogP contribution in [0.3, 0.4) is 0 Å². The van der Waals surface area contributed by atoms with Gasteiger partial charge in [0.05, 0.1) is 22.1 Å². The minimum absolute atomic E-state index is 0.00832. The zero-order valence-corrected chi connectivity index (χ0v) is 11.4. The van der Waals surface area contributed by atoms with Crippen molar-refractivity contribution in [1.82, 2.24) is 4.47 Å². The molecule has 2 rings (SSSR count). The van der Waals surface area contributed by atoms with E-state index in [1.165, 1.54) is 12.1 Å². The lowest BCUT2D eigenvalue weighted by Crippen LogP contribution is -2.35. The van der Waals surface area contributed by atoms with Gasteiger partial charge in [0.2, 0.25) is 0 Å². The Morgan fingerprint density at radius 1 is 1.37 bits per heavy atom. The SMILES string of the molecule is O=C(O)c1cc(S(=O)(=O)N2CCCCO2)ccc1Cl. The van der Waals surface area contributed by atoms with Gasteiger partial charge >= 0.3 is 5.97 Å². The van der Waals surface area contributed by atoms with E-state index in [9.17, 15) is 13.2 Å². The Kier molecular flexibility index (Phi) is 4.10. The maximum absolute atomic E-state index is 12.2. The topological polar surface area (TPSA) is 83.9 Å². The Bertz CT molecular complexity index is 595. The third-order valence-electron chi connectivity index (χ3n) is 2.70. The lowest BCUT2D eigenvalue weighted by molar-refractivity contribution is -0.108. The number of hydrogen-bond acceptors (Lipinski definition) is 4. The number of aromatic carboxylic acids is 1. The highest BCUT2D eigenvalue weighted by Crippen LogP contribution is 2.24. The van der Waals surface area contributed by atoms with Crippen LogP contribution >= 0.6 is 11.6 Å². The molecule has 1 heterocycles. The van der Waals surface area contributed by atoms with Crippen LogP contribution in [-0.2, 0) is 14.9 Å². The molecule has 0 bridgehead atoms. The van der Waals surface area contributed by atoms with Crippen molar-refractivity contribution in [3.8, 4) is 0 Å². The van der Waals surface area contributed by atoms with Gasteiger partial charge in [-0.15, -0.1) is 0 Å². The molecule has 0 saturated carbocycles. The minimum Gasteiger partial charge on any atom is -0.478 e. The molecule has 0 spiro atoms. The highest BCUT2D eigenvalue weighted by atomic mass is 35.5. The predicted octanol–water partition coefficient (Wildman–Crippen LogP) is 1.75. The van der Waals surface area contributed by atoms with Crippen LogP contribution in [-0.4, -0.2) is 37.1 Å². The molecular weight excluding hydrogens is 294 g/mol. The van der Waals surface area contributed by atoms with Crippen molar-refractivity contribution in [2.45, 2.75) is 17.7 Å². The first kappa shape index (κ1) is 14.3. The average Bonchev–Trinajstić information content (AvgIpc) is 2.39. The molecular formula is C11H12ClNO5S. The standard InChI is InChI=1S/C11H12ClNO5S/c12-10-4-3-8(7-9(10)11(14)15)19(16,17)13-5-1-2-6-18-13/h3-4,7H,1-2,5-6H2,(H,14,15). The molecule has 19 heavy (non-hydrogen) atoms. The van der Waals surface area contributed by atoms with Crippen LogP contribution in [0, 0.1) is 0 Å². The van der Waals surface area contributed by atoms with E-state index in [0.29, 0.717) is 13.0 Å². The number of hydrogen-bond donors (Lipinski definition) is 1. The monoisotopic (exact) mass is 305 g/mol. The van der Waals surface area contributed by atoms with Gasteiger partial charge in [0.15, 0.2) is 0 Å². The molecule has 1 fully saturated rings. The Labute approximate surface area is 115 Å². The summed E-state index contributed by atoms with van der Waals surface area (Å²) in [6.45, 7) is 0.589. The summed E-state index contributed by atoms with van der Waals surface area (Å²) in [5.41, 5.74) is -0.250. The van der Waals surface area contributed by atoms with Gasteiger partial charge in [0, 0.05) is 6.54 Å². The molecule has 0 aromatic heterocycles. The van der Waals surface area contributed by atoms with Crippen molar-refractivity contribution in [2.24, 2.45) is 0 Å². The largest absolute Gasteiger partial charge is 0.478 e. The molecule has 0 aliphatic carbocycles. The summed E-state index contributed by atoms with van der Waals surface area (Å²) in [4.78, 5) is 15.9. The zero-order chi connectivity index (χ0) is 14.0. The van der Waals surface area contributed by atoms with E-state index < -0.39 is 16.0 Å². The summed E-state index contributed by atoms with van der Waals surface area (Å²) in [7, 11) is -3.85. The van der Waals surface area contributed by atoms with E-state index in [1.54, 1.807) is 0 Å². The molecule has 1 aliphatic rings. The van der Waals surface area contributed by atoms with E-state index in [1.807, 2.05) is 0 Å². The maximum Gasteiger partial charge on any atom is 0.337 e. The maximum atomic E-state index is 12.2. The van der Waals surface area contributed by atoms with Gasteiger partial charge in [0.25, 0.3) is 10.0 Å². The second-order valence-electron chi connectivity index (χ2n) is 4.02. The van der Waals surface area contributed by atoms with Gasteiger partial charge < -0.3 is 5.11 Å². The summed E-state index contributed by atoms with van der Waals surface area (Å²) in [5.74, 6) is -1.28. The van der Waals surface area contributed by atoms with Gasteiger partial charge in [0.1, 0.15) is 0 Å². The first-order valence-corrected chi connectivity index (χ1v) is 7.43. The first-order valence-electron chi connectivity index (χ1n) is 5.61. The van der Waals surface area contributed by atoms with Crippen molar-refractivity contribution < 1.29 is 23.2 Å². The van der Waals surface area contributed by atoms with Crippen molar-refractivity contribution >= 4 is 27.6 Å². The normalized spacial score (nSPS) is 17.3. The molecule has 6 nitrogen and oxygen atoms in total. The van der Waals surface area contributed by atoms with Crippen molar-refractivity contribution in [3.63, 3.8) is 0 Å². The molecule has 1 aliphatic heterocycles. The van der Waals surface area contributed by atoms with E-state index in [4.69, 9.17) is 21.5 Å². The number of carboxylic acid groups (broad SMARTS) is 1. The van der Waals surface area contributed by atoms with E-state index >= 15 is 0 Å². The van der Waals surface area contributed by atoms with Crippen LogP contribution in [0.25, 0.3) is 0 Å². The lowest BCUT2D eigenvalue weighted by Gasteiger charge is -2.25. The van der Waals surface area contributed by atoms with E-state index in [-0.39, 0.29) is 22.0 Å². The summed E-state index contributed by atoms with van der Waals surface area (Å²) < 4.78 is 25.4. The molecule has 0 atom stereocenters. The molecule has 0 radical (unpaired) electrons. The number of carbonyl (C=O) groups is 1. The van der Waals surface area contributed by atoms with E-state index in [0.717, 1.165) is 17.0 Å². The Balaban J connectivity index is 2.40. The van der Waals surface area contributed by atoms with Crippen LogP contribution in [0.15, 0.2) is 23.1 Å². The molecule has 1 aromatic rings. The van der Waals surface area contributed by atoms with Gasteiger partial charge in [-0.2, -0.15) is 0 Å². The van der Waals surface area contributed by atoms with E-state index in [2.05, 4.69) is 0 Å². The smallest absolute Gasteiger partial charge is 0.337 e. The van der Waals surface area contributed by atoms with Crippen LogP contribution in [0.4, 0.5) is 0 Å². The molecule has 1 saturated heterocycles. The number of sulfonamides is 1. The van der Waals surface area contributed by atoms with Crippen LogP contribution in [0.5, 0.6) is 0 Å². The number of hydroxylamine groups is 1. The van der Waals surface area contributed by atoms with Crippen molar-refractivity contribution in [2.75, 3.05) is 13.2 Å². The second kappa shape index (κ2) is 5.46. The number of benzene rings is 1. The fraction of sp³-hybridized carbons (Fsp3) is 0.364. The lowest BCUT2D eigenvalue weighted by atomic mass is 10.2. The molecule has 1 N–H and O–H groups in total. The predicted molar refractivity (Wildman–Crippen MR) is 67.5 cm³/mol. The van der Waals surface area contributed by atoms with Crippen LogP contribution in [0.2, 0.25) is 5.02 Å². The quantitative estimate of drug-likeness (QED) is 0.920. The first-order chi connectivity index (χ1) is 8.93. The minimum atomic E-state index is -3.85. The Morgan fingerprint density at radius 3 is 2.68 bits per heavy atom. The van der Waals surface area contributed by atoms with Gasteiger partial charge in [-0.25, -0.2) is 13.2 Å². The number of halogens is 1. The number of carboxylic acids is 1. The third-order valence-corrected chi connectivity index (χ3v) is 4.71. The summed E-state index contributed by atoms with van der Waals surface area (Å²) in [6, 6.07) is 3.56. The summed E-state index contributed by atoms with van der Waals surface area (Å²) >= 11 is 5.71. The van der Waals surface area contributed by atoms with Gasteiger partial charge in [-0.05, 0) is 31.0 Å². The molecule has 0 amide bonds. The second-order valence-corrected chi connectivity index (χ2v) is 6.25. The number of rotatable bonds is 3. The summed E-state index contributed by atoms with van der Waals surface area (Å²) in [6.07, 6.45) is 1.51. The fourth-order valence-corrected chi connectivity index (χ4v) is 3.23.